The maximum Gasteiger partial charge on any atom is 0.314 e. The lowest BCUT2D eigenvalue weighted by Crippen LogP contribution is -2.51. The molecule has 1 fully saturated rings. The van der Waals surface area contributed by atoms with Gasteiger partial charge in [-0.3, -0.25) is 9.59 Å². The summed E-state index contributed by atoms with van der Waals surface area (Å²) in [6.45, 7) is 4.93. The van der Waals surface area contributed by atoms with Crippen molar-refractivity contribution in [3.8, 4) is 0 Å². The maximum atomic E-state index is 13.3. The van der Waals surface area contributed by atoms with Crippen molar-refractivity contribution >= 4 is 11.9 Å². The molecule has 0 bridgehead atoms. The molecule has 1 heterocycles. The van der Waals surface area contributed by atoms with E-state index < -0.39 is 5.41 Å². The number of hydrogen-bond acceptors (Lipinski definition) is 3. The maximum absolute atomic E-state index is 13.3. The summed E-state index contributed by atoms with van der Waals surface area (Å²) < 4.78 is 18.7. The highest BCUT2D eigenvalue weighted by Crippen LogP contribution is 2.36. The second-order valence-electron chi connectivity index (χ2n) is 7.50. The first-order chi connectivity index (χ1) is 13.4. The van der Waals surface area contributed by atoms with Crippen molar-refractivity contribution in [1.29, 1.82) is 0 Å². The Morgan fingerprint density at radius 2 is 1.93 bits per heavy atom. The molecule has 0 aliphatic carbocycles. The quantitative estimate of drug-likeness (QED) is 0.729. The molecule has 0 spiro atoms. The van der Waals surface area contributed by atoms with Crippen molar-refractivity contribution in [1.82, 2.24) is 4.90 Å². The van der Waals surface area contributed by atoms with Crippen LogP contribution in [0.2, 0.25) is 0 Å². The largest absolute Gasteiger partial charge is 0.466 e. The van der Waals surface area contributed by atoms with Gasteiger partial charge in [0.1, 0.15) is 5.82 Å². The fourth-order valence-electron chi connectivity index (χ4n) is 3.93. The normalized spacial score (nSPS) is 19.3. The summed E-state index contributed by atoms with van der Waals surface area (Å²) in [6.07, 6.45) is 1.78. The number of carbonyl (C=O) groups is 2. The Morgan fingerprint density at radius 1 is 1.18 bits per heavy atom. The number of carbonyl (C=O) groups excluding carboxylic acids is 2. The number of piperidine rings is 1. The van der Waals surface area contributed by atoms with Gasteiger partial charge in [-0.25, -0.2) is 4.39 Å². The summed E-state index contributed by atoms with van der Waals surface area (Å²) in [5.74, 6) is -0.675. The van der Waals surface area contributed by atoms with Crippen LogP contribution in [0.25, 0.3) is 0 Å². The minimum atomic E-state index is -0.814. The standard InChI is InChI=1S/C23H26FNO3/c1-3-28-22(27)23(15-18-8-10-20(24)11-9-18)12-5-13-25(16-23)21(26)19-7-4-6-17(2)14-19/h4,6-11,14H,3,5,12-13,15-16H2,1-2H3. The summed E-state index contributed by atoms with van der Waals surface area (Å²) in [5.41, 5.74) is 1.69. The average molecular weight is 383 g/mol. The van der Waals surface area contributed by atoms with Gasteiger partial charge in [0, 0.05) is 18.7 Å². The monoisotopic (exact) mass is 383 g/mol. The van der Waals surface area contributed by atoms with E-state index in [4.69, 9.17) is 4.74 Å². The van der Waals surface area contributed by atoms with Crippen LogP contribution in [0.3, 0.4) is 0 Å². The van der Waals surface area contributed by atoms with Crippen molar-refractivity contribution in [2.24, 2.45) is 5.41 Å². The lowest BCUT2D eigenvalue weighted by molar-refractivity contribution is -0.158. The van der Waals surface area contributed by atoms with Gasteiger partial charge < -0.3 is 9.64 Å². The first-order valence-corrected chi connectivity index (χ1v) is 9.71. The third-order valence-corrected chi connectivity index (χ3v) is 5.29. The number of hydrogen-bond donors (Lipinski definition) is 0. The minimum absolute atomic E-state index is 0.0730. The van der Waals surface area contributed by atoms with Gasteiger partial charge in [-0.05, 0) is 62.9 Å². The number of benzene rings is 2. The molecule has 0 saturated carbocycles. The summed E-state index contributed by atoms with van der Waals surface area (Å²) in [4.78, 5) is 27.7. The van der Waals surface area contributed by atoms with E-state index >= 15 is 0 Å². The minimum Gasteiger partial charge on any atom is -0.466 e. The van der Waals surface area contributed by atoms with Gasteiger partial charge in [-0.15, -0.1) is 0 Å². The zero-order valence-electron chi connectivity index (χ0n) is 16.4. The second kappa shape index (κ2) is 8.55. The number of nitrogens with zero attached hydrogens (tertiary/aromatic N) is 1. The van der Waals surface area contributed by atoms with Crippen LogP contribution in [0.1, 0.15) is 41.3 Å². The van der Waals surface area contributed by atoms with Crippen LogP contribution < -0.4 is 0 Å². The topological polar surface area (TPSA) is 46.6 Å². The number of rotatable bonds is 5. The van der Waals surface area contributed by atoms with Gasteiger partial charge in [0.25, 0.3) is 5.91 Å². The van der Waals surface area contributed by atoms with Crippen LogP contribution in [-0.4, -0.2) is 36.5 Å². The first kappa shape index (κ1) is 20.1. The van der Waals surface area contributed by atoms with Gasteiger partial charge in [-0.2, -0.15) is 0 Å². The molecule has 1 amide bonds. The van der Waals surface area contributed by atoms with Crippen molar-refractivity contribution in [3.05, 3.63) is 71.0 Å². The van der Waals surface area contributed by atoms with Gasteiger partial charge in [0.2, 0.25) is 0 Å². The summed E-state index contributed by atoms with van der Waals surface area (Å²) in [5, 5.41) is 0. The van der Waals surface area contributed by atoms with Crippen LogP contribution >= 0.6 is 0 Å². The van der Waals surface area contributed by atoms with E-state index in [1.807, 2.05) is 25.1 Å². The van der Waals surface area contributed by atoms with E-state index in [9.17, 15) is 14.0 Å². The van der Waals surface area contributed by atoms with E-state index in [1.165, 1.54) is 12.1 Å². The lowest BCUT2D eigenvalue weighted by Gasteiger charge is -2.41. The second-order valence-corrected chi connectivity index (χ2v) is 7.50. The van der Waals surface area contributed by atoms with Crippen molar-refractivity contribution in [2.45, 2.75) is 33.1 Å². The Bertz CT molecular complexity index is 849. The molecule has 0 radical (unpaired) electrons. The Hall–Kier alpha value is -2.69. The molecule has 0 aromatic heterocycles. The summed E-state index contributed by atoms with van der Waals surface area (Å²) in [7, 11) is 0. The predicted octanol–water partition coefficient (Wildman–Crippen LogP) is 4.16. The SMILES string of the molecule is CCOC(=O)C1(Cc2ccc(F)cc2)CCCN(C(=O)c2cccc(C)c2)C1. The number of likely N-dealkylation sites (tertiary alicyclic amines) is 1. The highest BCUT2D eigenvalue weighted by Gasteiger charge is 2.44. The lowest BCUT2D eigenvalue weighted by atomic mass is 9.75. The molecule has 28 heavy (non-hydrogen) atoms. The summed E-state index contributed by atoms with van der Waals surface area (Å²) >= 11 is 0. The van der Waals surface area contributed by atoms with Gasteiger partial charge in [0.05, 0.1) is 12.0 Å². The molecule has 1 aliphatic rings. The molecule has 1 aliphatic heterocycles. The zero-order valence-corrected chi connectivity index (χ0v) is 16.4. The molecular weight excluding hydrogens is 357 g/mol. The zero-order chi connectivity index (χ0) is 20.1. The molecule has 5 heteroatoms. The molecule has 3 rings (SSSR count). The predicted molar refractivity (Wildman–Crippen MR) is 105 cm³/mol. The number of amides is 1. The Kier molecular flexibility index (Phi) is 6.12. The van der Waals surface area contributed by atoms with Gasteiger partial charge >= 0.3 is 5.97 Å². The highest BCUT2D eigenvalue weighted by atomic mass is 19.1. The molecule has 1 atom stereocenters. The fourth-order valence-corrected chi connectivity index (χ4v) is 3.93. The van der Waals surface area contributed by atoms with Crippen LogP contribution in [0.15, 0.2) is 48.5 Å². The molecule has 1 unspecified atom stereocenters. The number of ether oxygens (including phenoxy) is 1. The smallest absolute Gasteiger partial charge is 0.314 e. The van der Waals surface area contributed by atoms with Crippen molar-refractivity contribution < 1.29 is 18.7 Å². The fraction of sp³-hybridized carbons (Fsp3) is 0.391. The third kappa shape index (κ3) is 4.41. The Balaban J connectivity index is 1.87. The molecule has 148 valence electrons. The van der Waals surface area contributed by atoms with E-state index in [-0.39, 0.29) is 24.3 Å². The third-order valence-electron chi connectivity index (χ3n) is 5.29. The van der Waals surface area contributed by atoms with E-state index in [2.05, 4.69) is 0 Å². The van der Waals surface area contributed by atoms with E-state index in [0.717, 1.165) is 17.5 Å². The van der Waals surface area contributed by atoms with Crippen LogP contribution in [0, 0.1) is 18.2 Å². The van der Waals surface area contributed by atoms with Gasteiger partial charge in [0.15, 0.2) is 0 Å². The average Bonchev–Trinajstić information content (AvgIpc) is 2.69. The van der Waals surface area contributed by atoms with Crippen LogP contribution in [0.5, 0.6) is 0 Å². The number of halogens is 1. The Labute approximate surface area is 165 Å². The van der Waals surface area contributed by atoms with Crippen molar-refractivity contribution in [2.75, 3.05) is 19.7 Å². The van der Waals surface area contributed by atoms with E-state index in [0.29, 0.717) is 31.5 Å². The molecule has 4 nitrogen and oxygen atoms in total. The molecular formula is C23H26FNO3. The molecule has 2 aromatic rings. The number of aryl methyl sites for hydroxylation is 1. The molecule has 2 aromatic carbocycles. The molecule has 1 saturated heterocycles. The van der Waals surface area contributed by atoms with Crippen LogP contribution in [0.4, 0.5) is 4.39 Å². The number of esters is 1. The first-order valence-electron chi connectivity index (χ1n) is 9.71. The molecule has 0 N–H and O–H groups in total. The van der Waals surface area contributed by atoms with Gasteiger partial charge in [-0.1, -0.05) is 29.8 Å². The Morgan fingerprint density at radius 3 is 2.61 bits per heavy atom. The van der Waals surface area contributed by atoms with Crippen molar-refractivity contribution in [3.63, 3.8) is 0 Å². The van der Waals surface area contributed by atoms with E-state index in [1.54, 1.807) is 30.0 Å². The summed E-state index contributed by atoms with van der Waals surface area (Å²) in [6, 6.07) is 13.7. The van der Waals surface area contributed by atoms with Crippen LogP contribution in [-0.2, 0) is 16.0 Å². The highest BCUT2D eigenvalue weighted by molar-refractivity contribution is 5.95.